The fraction of sp³-hybridized carbons (Fsp3) is 0.100. The van der Waals surface area contributed by atoms with Crippen molar-refractivity contribution in [3.63, 3.8) is 0 Å². The van der Waals surface area contributed by atoms with Crippen LogP contribution < -0.4 is 0 Å². The lowest BCUT2D eigenvalue weighted by molar-refractivity contribution is 0.0696. The van der Waals surface area contributed by atoms with Crippen LogP contribution in [0.4, 0.5) is 4.39 Å². The van der Waals surface area contributed by atoms with Crippen molar-refractivity contribution in [2.75, 3.05) is 0 Å². The number of aryl methyl sites for hydroxylation is 1. The van der Waals surface area contributed by atoms with Crippen LogP contribution in [0.15, 0.2) is 21.3 Å². The summed E-state index contributed by atoms with van der Waals surface area (Å²) in [4.78, 5) is 14.8. The van der Waals surface area contributed by atoms with Crippen LogP contribution >= 0.6 is 15.9 Å². The number of carboxylic acids is 1. The molecule has 88 valence electrons. The fourth-order valence-corrected chi connectivity index (χ4v) is 1.67. The van der Waals surface area contributed by atoms with Crippen LogP contribution in [0.1, 0.15) is 16.1 Å². The zero-order valence-electron chi connectivity index (χ0n) is 8.57. The molecular formula is C10H6BrFN2O3. The van der Waals surface area contributed by atoms with Crippen molar-refractivity contribution in [2.45, 2.75) is 6.92 Å². The average Bonchev–Trinajstić information content (AvgIpc) is 2.60. The maximum absolute atomic E-state index is 13.6. The van der Waals surface area contributed by atoms with Gasteiger partial charge in [-0.05, 0) is 28.9 Å². The standard InChI is InChI=1S/C10H6BrFN2O3/c1-4-7(10(15)16)9(17-14-4)8-6(12)2-5(11)3-13-8/h2-3H,1H3,(H,15,16). The van der Waals surface area contributed by atoms with Crippen LogP contribution in [0.2, 0.25) is 0 Å². The monoisotopic (exact) mass is 300 g/mol. The van der Waals surface area contributed by atoms with E-state index >= 15 is 0 Å². The molecule has 0 amide bonds. The molecule has 2 aromatic heterocycles. The highest BCUT2D eigenvalue weighted by Gasteiger charge is 2.24. The second kappa shape index (κ2) is 4.25. The fourth-order valence-electron chi connectivity index (χ4n) is 1.36. The van der Waals surface area contributed by atoms with Crippen molar-refractivity contribution in [2.24, 2.45) is 0 Å². The topological polar surface area (TPSA) is 76.2 Å². The van der Waals surface area contributed by atoms with E-state index < -0.39 is 11.8 Å². The molecule has 0 unspecified atom stereocenters. The van der Waals surface area contributed by atoms with Gasteiger partial charge in [-0.2, -0.15) is 0 Å². The number of hydrogen-bond acceptors (Lipinski definition) is 4. The molecule has 0 aliphatic heterocycles. The molecule has 0 fully saturated rings. The predicted molar refractivity (Wildman–Crippen MR) is 59.1 cm³/mol. The van der Waals surface area contributed by atoms with Crippen LogP contribution in [0.3, 0.4) is 0 Å². The van der Waals surface area contributed by atoms with Crippen molar-refractivity contribution in [1.29, 1.82) is 0 Å². The molecule has 2 rings (SSSR count). The molecule has 2 aromatic rings. The van der Waals surface area contributed by atoms with Crippen molar-refractivity contribution in [3.05, 3.63) is 33.8 Å². The minimum atomic E-state index is -1.23. The molecule has 0 saturated heterocycles. The highest BCUT2D eigenvalue weighted by atomic mass is 79.9. The van der Waals surface area contributed by atoms with E-state index in [-0.39, 0.29) is 22.7 Å². The third kappa shape index (κ3) is 2.05. The largest absolute Gasteiger partial charge is 0.477 e. The molecule has 7 heteroatoms. The van der Waals surface area contributed by atoms with E-state index in [9.17, 15) is 9.18 Å². The first kappa shape index (κ1) is 11.7. The molecule has 0 saturated carbocycles. The number of hydrogen-bond donors (Lipinski definition) is 1. The minimum absolute atomic E-state index is 0.175. The molecule has 0 aliphatic rings. The first-order valence-corrected chi connectivity index (χ1v) is 5.31. The number of rotatable bonds is 2. The van der Waals surface area contributed by atoms with Gasteiger partial charge in [0.1, 0.15) is 11.3 Å². The number of carboxylic acid groups (broad SMARTS) is 1. The Morgan fingerprint density at radius 1 is 1.59 bits per heavy atom. The molecule has 0 aromatic carbocycles. The van der Waals surface area contributed by atoms with Gasteiger partial charge in [0.05, 0.1) is 5.69 Å². The summed E-state index contributed by atoms with van der Waals surface area (Å²) in [5.74, 6) is -2.10. The quantitative estimate of drug-likeness (QED) is 0.922. The average molecular weight is 301 g/mol. The summed E-state index contributed by atoms with van der Waals surface area (Å²) in [6.45, 7) is 1.47. The van der Waals surface area contributed by atoms with E-state index in [1.807, 2.05) is 0 Å². The SMILES string of the molecule is Cc1noc(-c2ncc(Br)cc2F)c1C(=O)O. The van der Waals surface area contributed by atoms with Crippen LogP contribution in [0, 0.1) is 12.7 Å². The van der Waals surface area contributed by atoms with Gasteiger partial charge in [-0.25, -0.2) is 14.2 Å². The Bertz CT molecular complexity index is 597. The third-order valence-electron chi connectivity index (χ3n) is 2.10. The summed E-state index contributed by atoms with van der Waals surface area (Å²) in [7, 11) is 0. The Morgan fingerprint density at radius 3 is 2.88 bits per heavy atom. The van der Waals surface area contributed by atoms with Gasteiger partial charge in [0.15, 0.2) is 5.82 Å². The van der Waals surface area contributed by atoms with Crippen molar-refractivity contribution >= 4 is 21.9 Å². The molecule has 0 spiro atoms. The maximum Gasteiger partial charge on any atom is 0.341 e. The molecule has 17 heavy (non-hydrogen) atoms. The Balaban J connectivity index is 2.65. The van der Waals surface area contributed by atoms with E-state index in [2.05, 4.69) is 26.1 Å². The first-order valence-electron chi connectivity index (χ1n) is 4.51. The van der Waals surface area contributed by atoms with E-state index in [0.717, 1.165) is 0 Å². The Hall–Kier alpha value is -1.76. The molecule has 1 N–H and O–H groups in total. The number of halogens is 2. The van der Waals surface area contributed by atoms with E-state index in [0.29, 0.717) is 4.47 Å². The highest BCUT2D eigenvalue weighted by Crippen LogP contribution is 2.27. The van der Waals surface area contributed by atoms with Gasteiger partial charge in [-0.1, -0.05) is 5.16 Å². The number of carbonyl (C=O) groups is 1. The van der Waals surface area contributed by atoms with E-state index in [4.69, 9.17) is 9.63 Å². The van der Waals surface area contributed by atoms with Crippen molar-refractivity contribution in [3.8, 4) is 11.5 Å². The summed E-state index contributed by atoms with van der Waals surface area (Å²) in [6, 6.07) is 1.17. The molecule has 5 nitrogen and oxygen atoms in total. The van der Waals surface area contributed by atoms with Gasteiger partial charge in [-0.3, -0.25) is 0 Å². The summed E-state index contributed by atoms with van der Waals surface area (Å²) in [6.07, 6.45) is 1.35. The first-order chi connectivity index (χ1) is 8.00. The Kier molecular flexibility index (Phi) is 2.93. The molecule has 0 bridgehead atoms. The molecule has 2 heterocycles. The summed E-state index contributed by atoms with van der Waals surface area (Å²) < 4.78 is 18.9. The number of nitrogens with zero attached hydrogens (tertiary/aromatic N) is 2. The van der Waals surface area contributed by atoms with E-state index in [1.54, 1.807) is 0 Å². The summed E-state index contributed by atoms with van der Waals surface area (Å²) >= 11 is 3.06. The zero-order valence-corrected chi connectivity index (χ0v) is 10.2. The normalized spacial score (nSPS) is 10.5. The maximum atomic E-state index is 13.6. The lowest BCUT2D eigenvalue weighted by Crippen LogP contribution is -2.00. The number of pyridine rings is 1. The molecule has 0 radical (unpaired) electrons. The lowest BCUT2D eigenvalue weighted by atomic mass is 10.1. The number of aromatic nitrogens is 2. The van der Waals surface area contributed by atoms with Crippen molar-refractivity contribution < 1.29 is 18.8 Å². The third-order valence-corrected chi connectivity index (χ3v) is 2.53. The van der Waals surface area contributed by atoms with Gasteiger partial charge in [-0.15, -0.1) is 0 Å². The van der Waals surface area contributed by atoms with E-state index in [1.165, 1.54) is 19.2 Å². The summed E-state index contributed by atoms with van der Waals surface area (Å²) in [5, 5.41) is 12.5. The van der Waals surface area contributed by atoms with Crippen LogP contribution in [0.25, 0.3) is 11.5 Å². The zero-order chi connectivity index (χ0) is 12.6. The van der Waals surface area contributed by atoms with Crippen molar-refractivity contribution in [1.82, 2.24) is 10.1 Å². The van der Waals surface area contributed by atoms with Gasteiger partial charge < -0.3 is 9.63 Å². The van der Waals surface area contributed by atoms with Gasteiger partial charge in [0.2, 0.25) is 5.76 Å². The highest BCUT2D eigenvalue weighted by molar-refractivity contribution is 9.10. The van der Waals surface area contributed by atoms with Gasteiger partial charge >= 0.3 is 5.97 Å². The smallest absolute Gasteiger partial charge is 0.341 e. The van der Waals surface area contributed by atoms with Crippen LogP contribution in [-0.4, -0.2) is 21.2 Å². The minimum Gasteiger partial charge on any atom is -0.477 e. The summed E-state index contributed by atoms with van der Waals surface area (Å²) in [5.41, 5.74) is -0.179. The number of aromatic carboxylic acids is 1. The van der Waals surface area contributed by atoms with Gasteiger partial charge in [0, 0.05) is 10.7 Å². The molecule has 0 aliphatic carbocycles. The lowest BCUT2D eigenvalue weighted by Gasteiger charge is -1.99. The second-order valence-electron chi connectivity index (χ2n) is 3.26. The van der Waals surface area contributed by atoms with Crippen LogP contribution in [-0.2, 0) is 0 Å². The molecular weight excluding hydrogens is 295 g/mol. The second-order valence-corrected chi connectivity index (χ2v) is 4.18. The van der Waals surface area contributed by atoms with Crippen LogP contribution in [0.5, 0.6) is 0 Å². The van der Waals surface area contributed by atoms with Gasteiger partial charge in [0.25, 0.3) is 0 Å². The molecule has 0 atom stereocenters. The Labute approximate surface area is 103 Å². The predicted octanol–water partition coefficient (Wildman–Crippen LogP) is 2.64. The Morgan fingerprint density at radius 2 is 2.29 bits per heavy atom.